The van der Waals surface area contributed by atoms with Gasteiger partial charge in [0.25, 0.3) is 0 Å². The Labute approximate surface area is 124 Å². The fourth-order valence-electron chi connectivity index (χ4n) is 3.43. The van der Waals surface area contributed by atoms with E-state index in [0.717, 1.165) is 0 Å². The first-order valence-corrected chi connectivity index (χ1v) is 7.62. The molecule has 0 fully saturated rings. The van der Waals surface area contributed by atoms with Crippen molar-refractivity contribution in [3.63, 3.8) is 0 Å². The Bertz CT molecular complexity index is 597. The summed E-state index contributed by atoms with van der Waals surface area (Å²) in [4.78, 5) is 0. The minimum atomic E-state index is 0.118. The number of nitrogens with one attached hydrogen (secondary N) is 1. The fourth-order valence-corrected chi connectivity index (χ4v) is 3.43. The molecule has 1 aliphatic carbocycles. The van der Waals surface area contributed by atoms with Gasteiger partial charge in [0.05, 0.1) is 6.04 Å². The Morgan fingerprint density at radius 1 is 0.750 bits per heavy atom. The van der Waals surface area contributed by atoms with Gasteiger partial charge >= 0.3 is 0 Å². The maximum absolute atomic E-state index is 3.81. The van der Waals surface area contributed by atoms with Crippen LogP contribution in [0.2, 0.25) is 0 Å². The minimum Gasteiger partial charge on any atom is -0.302 e. The second kappa shape index (κ2) is 4.73. The van der Waals surface area contributed by atoms with Crippen molar-refractivity contribution in [3.8, 4) is 0 Å². The second-order valence-corrected chi connectivity index (χ2v) is 7.42. The summed E-state index contributed by atoms with van der Waals surface area (Å²) in [5.41, 5.74) is 11.9. The molecule has 0 bridgehead atoms. The molecule has 1 atom stereocenters. The van der Waals surface area contributed by atoms with Crippen molar-refractivity contribution in [3.05, 3.63) is 39.0 Å². The summed E-state index contributed by atoms with van der Waals surface area (Å²) in [6, 6.07) is 0.364. The third-order valence-electron chi connectivity index (χ3n) is 5.00. The van der Waals surface area contributed by atoms with Crippen LogP contribution in [0, 0.1) is 27.7 Å². The lowest BCUT2D eigenvalue weighted by Gasteiger charge is -2.29. The van der Waals surface area contributed by atoms with Crippen LogP contribution in [0.4, 0.5) is 0 Å². The average molecular weight is 271 g/mol. The molecule has 0 amide bonds. The molecular formula is C19H29N. The van der Waals surface area contributed by atoms with Gasteiger partial charge < -0.3 is 5.32 Å². The molecule has 0 radical (unpaired) electrons. The van der Waals surface area contributed by atoms with Gasteiger partial charge in [-0.3, -0.25) is 0 Å². The van der Waals surface area contributed by atoms with E-state index in [1.165, 1.54) is 44.5 Å². The van der Waals surface area contributed by atoms with E-state index in [2.05, 4.69) is 67.6 Å². The lowest BCUT2D eigenvalue weighted by Crippen LogP contribution is -2.39. The second-order valence-electron chi connectivity index (χ2n) is 7.42. The Kier molecular flexibility index (Phi) is 3.62. The fraction of sp³-hybridized carbons (Fsp3) is 0.579. The van der Waals surface area contributed by atoms with E-state index in [9.17, 15) is 0 Å². The van der Waals surface area contributed by atoms with Crippen LogP contribution in [0.3, 0.4) is 0 Å². The van der Waals surface area contributed by atoms with Gasteiger partial charge in [0.1, 0.15) is 0 Å². The molecule has 0 spiro atoms. The normalized spacial score (nSPS) is 18.8. The zero-order valence-electron chi connectivity index (χ0n) is 14.6. The van der Waals surface area contributed by atoms with Crippen molar-refractivity contribution in [1.82, 2.24) is 5.32 Å². The van der Waals surface area contributed by atoms with E-state index in [1.54, 1.807) is 0 Å². The third kappa shape index (κ3) is 2.22. The van der Waals surface area contributed by atoms with Crippen LogP contribution in [0.15, 0.2) is 5.57 Å². The highest BCUT2D eigenvalue weighted by Crippen LogP contribution is 2.45. The molecule has 0 aromatic heterocycles. The summed E-state index contributed by atoms with van der Waals surface area (Å²) in [5.74, 6) is 0. The van der Waals surface area contributed by atoms with Gasteiger partial charge in [-0.05, 0) is 107 Å². The van der Waals surface area contributed by atoms with E-state index >= 15 is 0 Å². The molecule has 1 aliphatic rings. The molecule has 1 aromatic carbocycles. The van der Waals surface area contributed by atoms with E-state index in [0.29, 0.717) is 6.04 Å². The summed E-state index contributed by atoms with van der Waals surface area (Å²) >= 11 is 0. The largest absolute Gasteiger partial charge is 0.302 e. The number of hydrogen-bond acceptors (Lipinski definition) is 1. The van der Waals surface area contributed by atoms with Crippen LogP contribution < -0.4 is 5.32 Å². The molecule has 1 aromatic rings. The van der Waals surface area contributed by atoms with Gasteiger partial charge in [-0.15, -0.1) is 0 Å². The van der Waals surface area contributed by atoms with Crippen LogP contribution in [0.5, 0.6) is 0 Å². The van der Waals surface area contributed by atoms with Crippen LogP contribution in [0.25, 0.3) is 5.57 Å². The smallest absolute Gasteiger partial charge is 0.0552 e. The molecule has 0 saturated heterocycles. The molecule has 0 saturated carbocycles. The molecule has 1 nitrogen and oxygen atoms in total. The number of fused-ring (bicyclic) bond motifs is 1. The summed E-state index contributed by atoms with van der Waals surface area (Å²) in [6.07, 6.45) is 0. The zero-order chi connectivity index (χ0) is 15.4. The van der Waals surface area contributed by atoms with Crippen molar-refractivity contribution in [2.24, 2.45) is 0 Å². The maximum atomic E-state index is 3.81. The summed E-state index contributed by atoms with van der Waals surface area (Å²) in [5, 5.41) is 3.81. The van der Waals surface area contributed by atoms with E-state index in [-0.39, 0.29) is 5.54 Å². The summed E-state index contributed by atoms with van der Waals surface area (Å²) in [7, 11) is 0. The van der Waals surface area contributed by atoms with Crippen molar-refractivity contribution in [2.75, 3.05) is 0 Å². The van der Waals surface area contributed by atoms with Gasteiger partial charge in [0.15, 0.2) is 0 Å². The Morgan fingerprint density at radius 2 is 1.25 bits per heavy atom. The molecule has 0 heterocycles. The average Bonchev–Trinajstić information content (AvgIpc) is 2.57. The molecule has 20 heavy (non-hydrogen) atoms. The molecule has 110 valence electrons. The molecular weight excluding hydrogens is 242 g/mol. The van der Waals surface area contributed by atoms with Crippen molar-refractivity contribution >= 4 is 5.57 Å². The Balaban J connectivity index is 2.71. The van der Waals surface area contributed by atoms with Gasteiger partial charge in [-0.1, -0.05) is 0 Å². The molecule has 1 unspecified atom stereocenters. The first-order valence-electron chi connectivity index (χ1n) is 7.62. The topological polar surface area (TPSA) is 12.0 Å². The lowest BCUT2D eigenvalue weighted by molar-refractivity contribution is 0.390. The lowest BCUT2D eigenvalue weighted by atomic mass is 9.87. The van der Waals surface area contributed by atoms with Crippen molar-refractivity contribution in [1.29, 1.82) is 0 Å². The van der Waals surface area contributed by atoms with Crippen LogP contribution in [-0.2, 0) is 0 Å². The van der Waals surface area contributed by atoms with Gasteiger partial charge in [-0.25, -0.2) is 0 Å². The summed E-state index contributed by atoms with van der Waals surface area (Å²) < 4.78 is 0. The van der Waals surface area contributed by atoms with Crippen LogP contribution >= 0.6 is 0 Å². The van der Waals surface area contributed by atoms with Gasteiger partial charge in [0.2, 0.25) is 0 Å². The highest BCUT2D eigenvalue weighted by atomic mass is 15.0. The van der Waals surface area contributed by atoms with Crippen molar-refractivity contribution in [2.45, 2.75) is 73.9 Å². The predicted molar refractivity (Wildman–Crippen MR) is 89.3 cm³/mol. The number of hydrogen-bond donors (Lipinski definition) is 1. The molecule has 1 heteroatoms. The quantitative estimate of drug-likeness (QED) is 0.744. The van der Waals surface area contributed by atoms with E-state index in [1.807, 2.05) is 0 Å². The SMILES string of the molecule is CC1=C(C)C(NC(C)(C)C)c2c(C)c(C)c(C)c(C)c21. The summed E-state index contributed by atoms with van der Waals surface area (Å²) in [6.45, 7) is 20.4. The number of allylic oxidation sites excluding steroid dienone is 1. The molecule has 0 aliphatic heterocycles. The first-order chi connectivity index (χ1) is 9.06. The third-order valence-corrected chi connectivity index (χ3v) is 5.00. The number of rotatable bonds is 1. The van der Waals surface area contributed by atoms with Crippen LogP contribution in [0.1, 0.15) is 74.0 Å². The van der Waals surface area contributed by atoms with E-state index < -0.39 is 0 Å². The Hall–Kier alpha value is -1.08. The highest BCUT2D eigenvalue weighted by Gasteiger charge is 2.33. The molecule has 1 N–H and O–H groups in total. The molecule has 2 rings (SSSR count). The maximum Gasteiger partial charge on any atom is 0.0552 e. The van der Waals surface area contributed by atoms with E-state index in [4.69, 9.17) is 0 Å². The monoisotopic (exact) mass is 271 g/mol. The highest BCUT2D eigenvalue weighted by molar-refractivity contribution is 5.81. The van der Waals surface area contributed by atoms with Gasteiger partial charge in [0, 0.05) is 5.54 Å². The van der Waals surface area contributed by atoms with Crippen molar-refractivity contribution < 1.29 is 0 Å². The number of benzene rings is 1. The first kappa shape index (κ1) is 15.3. The minimum absolute atomic E-state index is 0.118. The van der Waals surface area contributed by atoms with Crippen LogP contribution in [-0.4, -0.2) is 5.54 Å². The Morgan fingerprint density at radius 3 is 1.75 bits per heavy atom. The zero-order valence-corrected chi connectivity index (χ0v) is 14.6. The predicted octanol–water partition coefficient (Wildman–Crippen LogP) is 5.16. The van der Waals surface area contributed by atoms with Gasteiger partial charge in [-0.2, -0.15) is 0 Å². The standard InChI is InChI=1S/C19H29N/c1-10-11(2)13(4)17-16(12(10)3)14(5)15(6)18(17)20-19(7,8)9/h18,20H,1-9H3.